The predicted octanol–water partition coefficient (Wildman–Crippen LogP) is 0.0428. The Balaban J connectivity index is 2.58. The first-order valence-electron chi connectivity index (χ1n) is 5.11. The molecule has 0 aromatic carbocycles. The molecule has 0 saturated heterocycles. The van der Waals surface area contributed by atoms with E-state index in [1.54, 1.807) is 38.2 Å². The molecule has 0 spiro atoms. The average molecular weight is 227 g/mol. The minimum atomic E-state index is -0.399. The molecule has 1 N–H and O–H groups in total. The van der Waals surface area contributed by atoms with Crippen LogP contribution in [-0.4, -0.2) is 42.6 Å². The number of methoxy groups -OCH3 is 1. The number of esters is 1. The maximum Gasteiger partial charge on any atom is 0.325 e. The molecule has 0 saturated carbocycles. The minimum Gasteiger partial charge on any atom is -0.493 e. The molecule has 0 fully saturated rings. The zero-order valence-corrected chi connectivity index (χ0v) is 9.77. The Kier molecular flexibility index (Phi) is 4.78. The highest BCUT2D eigenvalue weighted by Crippen LogP contribution is 2.07. The molecule has 0 radical (unpaired) electrons. The fraction of sp³-hybridized carbons (Fsp3) is 0.600. The smallest absolute Gasteiger partial charge is 0.325 e. The van der Waals surface area contributed by atoms with Crippen molar-refractivity contribution in [3.8, 4) is 5.75 Å². The van der Waals surface area contributed by atoms with Gasteiger partial charge < -0.3 is 14.8 Å². The quantitative estimate of drug-likeness (QED) is 0.695. The lowest BCUT2D eigenvalue weighted by Gasteiger charge is -2.14. The Hall–Kier alpha value is -1.56. The summed E-state index contributed by atoms with van der Waals surface area (Å²) in [6.07, 6.45) is 3.32. The highest BCUT2D eigenvalue weighted by molar-refractivity contribution is 5.75. The van der Waals surface area contributed by atoms with Crippen LogP contribution in [0.1, 0.15) is 6.92 Å². The second kappa shape index (κ2) is 6.12. The van der Waals surface area contributed by atoms with E-state index in [-0.39, 0.29) is 5.97 Å². The van der Waals surface area contributed by atoms with Gasteiger partial charge in [-0.25, -0.2) is 0 Å². The first-order chi connectivity index (χ1) is 7.71. The number of carbonyl (C=O) groups excluding carboxylic acids is 1. The molecule has 0 aliphatic rings. The fourth-order valence-corrected chi connectivity index (χ4v) is 1.26. The molecule has 1 heterocycles. The maximum absolute atomic E-state index is 11.5. The van der Waals surface area contributed by atoms with Crippen LogP contribution >= 0.6 is 0 Å². The van der Waals surface area contributed by atoms with Gasteiger partial charge in [-0.15, -0.1) is 0 Å². The molecule has 0 aliphatic carbocycles. The highest BCUT2D eigenvalue weighted by atomic mass is 16.5. The maximum atomic E-state index is 11.5. The molecule has 1 aromatic rings. The number of ether oxygens (including phenoxy) is 2. The molecule has 90 valence electrons. The number of aromatic nitrogens is 2. The number of nitrogens with zero attached hydrogens (tertiary/aromatic N) is 2. The van der Waals surface area contributed by atoms with Crippen LogP contribution in [0.3, 0.4) is 0 Å². The Bertz CT molecular complexity index is 338. The summed E-state index contributed by atoms with van der Waals surface area (Å²) in [5.41, 5.74) is 0. The summed E-state index contributed by atoms with van der Waals surface area (Å²) in [7, 11) is 3.28. The van der Waals surface area contributed by atoms with E-state index in [1.807, 2.05) is 0 Å². The van der Waals surface area contributed by atoms with E-state index in [1.165, 1.54) is 0 Å². The molecule has 6 nitrogen and oxygen atoms in total. The van der Waals surface area contributed by atoms with Crippen molar-refractivity contribution >= 4 is 5.97 Å². The van der Waals surface area contributed by atoms with Gasteiger partial charge in [-0.2, -0.15) is 5.10 Å². The molecular weight excluding hydrogens is 210 g/mol. The normalized spacial score (nSPS) is 12.2. The zero-order valence-electron chi connectivity index (χ0n) is 9.77. The molecule has 0 aliphatic heterocycles. The number of rotatable bonds is 6. The zero-order chi connectivity index (χ0) is 12.0. The Morgan fingerprint density at radius 1 is 1.69 bits per heavy atom. The van der Waals surface area contributed by atoms with E-state index in [9.17, 15) is 4.79 Å². The van der Waals surface area contributed by atoms with Gasteiger partial charge in [-0.05, 0) is 14.0 Å². The van der Waals surface area contributed by atoms with Crippen LogP contribution in [0.4, 0.5) is 0 Å². The van der Waals surface area contributed by atoms with Gasteiger partial charge in [0.05, 0.1) is 32.7 Å². The molecule has 0 amide bonds. The van der Waals surface area contributed by atoms with E-state index in [4.69, 9.17) is 9.47 Å². The van der Waals surface area contributed by atoms with Crippen molar-refractivity contribution in [3.05, 3.63) is 12.4 Å². The summed E-state index contributed by atoms with van der Waals surface area (Å²) >= 11 is 0. The van der Waals surface area contributed by atoms with Gasteiger partial charge >= 0.3 is 5.97 Å². The number of hydrogen-bond acceptors (Lipinski definition) is 5. The third kappa shape index (κ3) is 3.23. The molecule has 1 unspecified atom stereocenters. The van der Waals surface area contributed by atoms with Gasteiger partial charge in [-0.1, -0.05) is 0 Å². The van der Waals surface area contributed by atoms with Crippen LogP contribution in [-0.2, 0) is 16.1 Å². The monoisotopic (exact) mass is 227 g/mol. The first kappa shape index (κ1) is 12.5. The second-order valence-corrected chi connectivity index (χ2v) is 3.20. The van der Waals surface area contributed by atoms with Gasteiger partial charge in [0, 0.05) is 0 Å². The summed E-state index contributed by atoms with van der Waals surface area (Å²) in [6.45, 7) is 2.57. The van der Waals surface area contributed by atoms with Gasteiger partial charge in [0.15, 0.2) is 5.75 Å². The molecule has 0 bridgehead atoms. The first-order valence-corrected chi connectivity index (χ1v) is 5.11. The number of carbonyl (C=O) groups is 1. The van der Waals surface area contributed by atoms with Crippen molar-refractivity contribution in [2.45, 2.75) is 19.5 Å². The summed E-state index contributed by atoms with van der Waals surface area (Å²) in [6, 6.07) is -0.399. The Morgan fingerprint density at radius 3 is 2.94 bits per heavy atom. The van der Waals surface area contributed by atoms with Crippen molar-refractivity contribution in [1.29, 1.82) is 0 Å². The molecule has 1 atom stereocenters. The van der Waals surface area contributed by atoms with Gasteiger partial charge in [0.2, 0.25) is 0 Å². The lowest BCUT2D eigenvalue weighted by Crippen LogP contribution is -2.39. The summed E-state index contributed by atoms with van der Waals surface area (Å²) in [4.78, 5) is 11.5. The summed E-state index contributed by atoms with van der Waals surface area (Å²) in [5.74, 6) is 0.387. The van der Waals surface area contributed by atoms with E-state index >= 15 is 0 Å². The fourth-order valence-electron chi connectivity index (χ4n) is 1.26. The van der Waals surface area contributed by atoms with Crippen molar-refractivity contribution in [1.82, 2.24) is 15.1 Å². The largest absolute Gasteiger partial charge is 0.493 e. The van der Waals surface area contributed by atoms with Crippen LogP contribution < -0.4 is 10.1 Å². The third-order valence-electron chi connectivity index (χ3n) is 2.13. The van der Waals surface area contributed by atoms with Crippen molar-refractivity contribution in [3.63, 3.8) is 0 Å². The lowest BCUT2D eigenvalue weighted by molar-refractivity contribution is -0.145. The molecule has 6 heteroatoms. The number of nitrogens with one attached hydrogen (secondary N) is 1. The van der Waals surface area contributed by atoms with Crippen LogP contribution in [0.25, 0.3) is 0 Å². The molecule has 1 aromatic heterocycles. The van der Waals surface area contributed by atoms with Crippen LogP contribution in [0.15, 0.2) is 12.4 Å². The van der Waals surface area contributed by atoms with E-state index in [2.05, 4.69) is 10.4 Å². The average Bonchev–Trinajstić information content (AvgIpc) is 2.73. The third-order valence-corrected chi connectivity index (χ3v) is 2.13. The number of hydrogen-bond donors (Lipinski definition) is 1. The van der Waals surface area contributed by atoms with E-state index in [0.29, 0.717) is 18.9 Å². The molecule has 16 heavy (non-hydrogen) atoms. The van der Waals surface area contributed by atoms with Crippen molar-refractivity contribution in [2.75, 3.05) is 20.8 Å². The van der Waals surface area contributed by atoms with Gasteiger partial charge in [-0.3, -0.25) is 9.48 Å². The molecular formula is C10H17N3O3. The van der Waals surface area contributed by atoms with Gasteiger partial charge in [0.1, 0.15) is 6.04 Å². The minimum absolute atomic E-state index is 0.278. The van der Waals surface area contributed by atoms with Crippen molar-refractivity contribution in [2.24, 2.45) is 0 Å². The lowest BCUT2D eigenvalue weighted by atomic mass is 10.3. The highest BCUT2D eigenvalue weighted by Gasteiger charge is 2.18. The van der Waals surface area contributed by atoms with Crippen molar-refractivity contribution < 1.29 is 14.3 Å². The Morgan fingerprint density at radius 2 is 2.44 bits per heavy atom. The summed E-state index contributed by atoms with van der Waals surface area (Å²) in [5, 5.41) is 6.95. The van der Waals surface area contributed by atoms with E-state index < -0.39 is 6.04 Å². The van der Waals surface area contributed by atoms with Crippen LogP contribution in [0, 0.1) is 0 Å². The van der Waals surface area contributed by atoms with E-state index in [0.717, 1.165) is 0 Å². The van der Waals surface area contributed by atoms with Crippen LogP contribution in [0.5, 0.6) is 5.75 Å². The molecule has 1 rings (SSSR count). The number of likely N-dealkylation sites (N-methyl/N-ethyl adjacent to an activating group) is 1. The predicted molar refractivity (Wildman–Crippen MR) is 58.3 cm³/mol. The topological polar surface area (TPSA) is 65.4 Å². The Labute approximate surface area is 94.5 Å². The SMILES string of the molecule is CCOC(=O)C(Cn1cc(OC)cn1)NC. The summed E-state index contributed by atoms with van der Waals surface area (Å²) < 4.78 is 11.6. The second-order valence-electron chi connectivity index (χ2n) is 3.20. The van der Waals surface area contributed by atoms with Gasteiger partial charge in [0.25, 0.3) is 0 Å². The standard InChI is InChI=1S/C10H17N3O3/c1-4-16-10(14)9(11-2)7-13-6-8(15-3)5-12-13/h5-6,9,11H,4,7H2,1-3H3. The van der Waals surface area contributed by atoms with Crippen LogP contribution in [0.2, 0.25) is 0 Å².